The van der Waals surface area contributed by atoms with E-state index in [-0.39, 0.29) is 5.91 Å². The molecule has 4 nitrogen and oxygen atoms in total. The summed E-state index contributed by atoms with van der Waals surface area (Å²) in [5.41, 5.74) is 0. The van der Waals surface area contributed by atoms with Crippen LogP contribution < -0.4 is 10.1 Å². The Morgan fingerprint density at radius 1 is 1.48 bits per heavy atom. The van der Waals surface area contributed by atoms with Crippen molar-refractivity contribution in [1.29, 1.82) is 0 Å². The van der Waals surface area contributed by atoms with Crippen molar-refractivity contribution in [3.05, 3.63) is 29.3 Å². The fraction of sp³-hybridized carbons (Fsp3) is 0.562. The van der Waals surface area contributed by atoms with Gasteiger partial charge in [0.2, 0.25) is 5.91 Å². The van der Waals surface area contributed by atoms with Crippen molar-refractivity contribution in [2.75, 3.05) is 33.3 Å². The number of carbonyl (C=O) groups excluding carboxylic acids is 1. The van der Waals surface area contributed by atoms with Crippen LogP contribution >= 0.6 is 11.6 Å². The zero-order valence-corrected chi connectivity index (χ0v) is 13.2. The highest BCUT2D eigenvalue weighted by molar-refractivity contribution is 6.32. The maximum absolute atomic E-state index is 12.0. The van der Waals surface area contributed by atoms with E-state index in [1.54, 1.807) is 11.0 Å². The Kier molecular flexibility index (Phi) is 6.33. The number of nitrogens with one attached hydrogen (secondary N) is 1. The molecule has 5 heteroatoms. The molecule has 0 spiro atoms. The quantitative estimate of drug-likeness (QED) is 0.841. The van der Waals surface area contributed by atoms with Gasteiger partial charge in [-0.2, -0.15) is 0 Å². The van der Waals surface area contributed by atoms with Gasteiger partial charge in [-0.3, -0.25) is 4.79 Å². The molecule has 2 rings (SSSR count). The Morgan fingerprint density at radius 2 is 2.29 bits per heavy atom. The molecule has 1 heterocycles. The van der Waals surface area contributed by atoms with Crippen LogP contribution in [0.15, 0.2) is 24.3 Å². The lowest BCUT2D eigenvalue weighted by Gasteiger charge is -2.18. The van der Waals surface area contributed by atoms with Crippen LogP contribution in [0.2, 0.25) is 5.02 Å². The zero-order valence-electron chi connectivity index (χ0n) is 12.5. The minimum atomic E-state index is 0.185. The van der Waals surface area contributed by atoms with Gasteiger partial charge in [-0.15, -0.1) is 0 Å². The van der Waals surface area contributed by atoms with Gasteiger partial charge in [-0.05, 0) is 44.0 Å². The number of hydrogen-bond donors (Lipinski definition) is 1. The van der Waals surface area contributed by atoms with E-state index in [0.29, 0.717) is 36.3 Å². The van der Waals surface area contributed by atoms with E-state index in [2.05, 4.69) is 5.32 Å². The smallest absolute Gasteiger partial charge is 0.222 e. The maximum Gasteiger partial charge on any atom is 0.222 e. The van der Waals surface area contributed by atoms with E-state index in [0.717, 1.165) is 19.5 Å². The summed E-state index contributed by atoms with van der Waals surface area (Å²) in [6.07, 6.45) is 2.78. The Morgan fingerprint density at radius 3 is 3.00 bits per heavy atom. The second kappa shape index (κ2) is 8.25. The van der Waals surface area contributed by atoms with Crippen molar-refractivity contribution in [2.45, 2.75) is 19.3 Å². The van der Waals surface area contributed by atoms with Crippen LogP contribution in [-0.4, -0.2) is 44.1 Å². The van der Waals surface area contributed by atoms with Crippen LogP contribution in [0.5, 0.6) is 5.75 Å². The van der Waals surface area contributed by atoms with Crippen LogP contribution in [0.4, 0.5) is 0 Å². The van der Waals surface area contributed by atoms with Crippen LogP contribution in [0.3, 0.4) is 0 Å². The molecule has 0 aromatic heterocycles. The van der Waals surface area contributed by atoms with Crippen molar-refractivity contribution in [3.8, 4) is 5.75 Å². The minimum absolute atomic E-state index is 0.185. The van der Waals surface area contributed by atoms with Crippen molar-refractivity contribution in [3.63, 3.8) is 0 Å². The van der Waals surface area contributed by atoms with Crippen LogP contribution in [0.25, 0.3) is 0 Å². The van der Waals surface area contributed by atoms with Gasteiger partial charge in [-0.25, -0.2) is 0 Å². The van der Waals surface area contributed by atoms with Gasteiger partial charge in [0.05, 0.1) is 11.6 Å². The first-order valence-electron chi connectivity index (χ1n) is 7.49. The van der Waals surface area contributed by atoms with E-state index < -0.39 is 0 Å². The number of halogens is 1. The van der Waals surface area contributed by atoms with Crippen molar-refractivity contribution < 1.29 is 9.53 Å². The average molecular weight is 311 g/mol. The van der Waals surface area contributed by atoms with E-state index in [4.69, 9.17) is 16.3 Å². The van der Waals surface area contributed by atoms with E-state index in [9.17, 15) is 4.79 Å². The summed E-state index contributed by atoms with van der Waals surface area (Å²) in [5.74, 6) is 1.50. The fourth-order valence-electron chi connectivity index (χ4n) is 2.46. The molecule has 1 aromatic carbocycles. The number of benzene rings is 1. The van der Waals surface area contributed by atoms with Crippen molar-refractivity contribution in [2.24, 2.45) is 5.92 Å². The van der Waals surface area contributed by atoms with E-state index in [1.165, 1.54) is 6.42 Å². The molecule has 1 atom stereocenters. The molecule has 0 saturated carbocycles. The number of para-hydroxylation sites is 1. The molecule has 1 unspecified atom stereocenters. The highest BCUT2D eigenvalue weighted by Gasteiger charge is 2.17. The fourth-order valence-corrected chi connectivity index (χ4v) is 2.65. The summed E-state index contributed by atoms with van der Waals surface area (Å²) in [4.78, 5) is 13.8. The number of rotatable bonds is 7. The number of amides is 1. The maximum atomic E-state index is 12.0. The van der Waals surface area contributed by atoms with Gasteiger partial charge < -0.3 is 15.0 Å². The third-order valence-corrected chi connectivity index (χ3v) is 4.19. The van der Waals surface area contributed by atoms with Gasteiger partial charge >= 0.3 is 0 Å². The summed E-state index contributed by atoms with van der Waals surface area (Å²) >= 11 is 6.01. The Hall–Kier alpha value is -1.26. The number of nitrogens with zero attached hydrogens (tertiary/aromatic N) is 1. The lowest BCUT2D eigenvalue weighted by molar-refractivity contribution is -0.130. The SMILES string of the molecule is CN(CCOc1ccccc1Cl)C(=O)CCC1CCNC1. The molecule has 21 heavy (non-hydrogen) atoms. The third-order valence-electron chi connectivity index (χ3n) is 3.88. The molecule has 1 fully saturated rings. The number of ether oxygens (including phenoxy) is 1. The highest BCUT2D eigenvalue weighted by Crippen LogP contribution is 2.22. The topological polar surface area (TPSA) is 41.6 Å². The Balaban J connectivity index is 1.65. The zero-order chi connectivity index (χ0) is 15.1. The molecule has 1 aliphatic heterocycles. The molecular weight excluding hydrogens is 288 g/mol. The molecule has 0 radical (unpaired) electrons. The van der Waals surface area contributed by atoms with Gasteiger partial charge in [0.1, 0.15) is 12.4 Å². The molecular formula is C16H23ClN2O2. The van der Waals surface area contributed by atoms with Crippen molar-refractivity contribution in [1.82, 2.24) is 10.2 Å². The molecule has 1 aliphatic rings. The first-order chi connectivity index (χ1) is 10.2. The lowest BCUT2D eigenvalue weighted by Crippen LogP contribution is -2.31. The largest absolute Gasteiger partial charge is 0.490 e. The van der Waals surface area contributed by atoms with Gasteiger partial charge in [0, 0.05) is 13.5 Å². The lowest BCUT2D eigenvalue weighted by atomic mass is 10.0. The van der Waals surface area contributed by atoms with Crippen LogP contribution in [0.1, 0.15) is 19.3 Å². The molecule has 1 amide bonds. The number of carbonyl (C=O) groups is 1. The molecule has 116 valence electrons. The summed E-state index contributed by atoms with van der Waals surface area (Å²) in [5, 5.41) is 3.92. The summed E-state index contributed by atoms with van der Waals surface area (Å²) < 4.78 is 5.60. The first kappa shape index (κ1) is 16.1. The average Bonchev–Trinajstić information content (AvgIpc) is 3.00. The Labute approximate surface area is 131 Å². The Bertz CT molecular complexity index is 461. The minimum Gasteiger partial charge on any atom is -0.490 e. The second-order valence-electron chi connectivity index (χ2n) is 5.49. The van der Waals surface area contributed by atoms with E-state index in [1.807, 2.05) is 25.2 Å². The van der Waals surface area contributed by atoms with Gasteiger partial charge in [-0.1, -0.05) is 23.7 Å². The number of likely N-dealkylation sites (N-methyl/N-ethyl adjacent to an activating group) is 1. The molecule has 1 aromatic rings. The first-order valence-corrected chi connectivity index (χ1v) is 7.86. The molecule has 0 bridgehead atoms. The van der Waals surface area contributed by atoms with Crippen molar-refractivity contribution >= 4 is 17.5 Å². The normalized spacial score (nSPS) is 17.7. The second-order valence-corrected chi connectivity index (χ2v) is 5.90. The van der Waals surface area contributed by atoms with E-state index >= 15 is 0 Å². The van der Waals surface area contributed by atoms with Crippen LogP contribution in [0, 0.1) is 5.92 Å². The molecule has 1 N–H and O–H groups in total. The van der Waals surface area contributed by atoms with Crippen LogP contribution in [-0.2, 0) is 4.79 Å². The van der Waals surface area contributed by atoms with Gasteiger partial charge in [0.25, 0.3) is 0 Å². The highest BCUT2D eigenvalue weighted by atomic mass is 35.5. The predicted octanol–water partition coefficient (Wildman–Crippen LogP) is 2.57. The third kappa shape index (κ3) is 5.21. The molecule has 1 saturated heterocycles. The van der Waals surface area contributed by atoms with Gasteiger partial charge in [0.15, 0.2) is 0 Å². The predicted molar refractivity (Wildman–Crippen MR) is 84.8 cm³/mol. The monoisotopic (exact) mass is 310 g/mol. The molecule has 0 aliphatic carbocycles. The summed E-state index contributed by atoms with van der Waals surface area (Å²) in [6.45, 7) is 3.16. The number of hydrogen-bond acceptors (Lipinski definition) is 3. The summed E-state index contributed by atoms with van der Waals surface area (Å²) in [7, 11) is 1.82. The standard InChI is InChI=1S/C16H23ClN2O2/c1-19(16(20)7-6-13-8-9-18-12-13)10-11-21-15-5-3-2-4-14(15)17/h2-5,13,18H,6-12H2,1H3. The summed E-state index contributed by atoms with van der Waals surface area (Å²) in [6, 6.07) is 7.37.